The van der Waals surface area contributed by atoms with Crippen LogP contribution in [0.15, 0.2) is 24.3 Å². The molecular formula is C17H25FN2O2. The van der Waals surface area contributed by atoms with E-state index in [4.69, 9.17) is 4.74 Å². The molecule has 0 radical (unpaired) electrons. The van der Waals surface area contributed by atoms with Crippen molar-refractivity contribution in [3.8, 4) is 0 Å². The van der Waals surface area contributed by atoms with Crippen molar-refractivity contribution in [2.75, 3.05) is 13.1 Å². The fourth-order valence-corrected chi connectivity index (χ4v) is 2.93. The molecule has 1 amide bonds. The van der Waals surface area contributed by atoms with Crippen LogP contribution in [0.1, 0.15) is 45.6 Å². The van der Waals surface area contributed by atoms with E-state index < -0.39 is 17.2 Å². The third-order valence-corrected chi connectivity index (χ3v) is 3.85. The summed E-state index contributed by atoms with van der Waals surface area (Å²) in [6.45, 7) is 6.78. The average Bonchev–Trinajstić information content (AvgIpc) is 2.87. The van der Waals surface area contributed by atoms with Crippen LogP contribution in [0.25, 0.3) is 0 Å². The van der Waals surface area contributed by atoms with Gasteiger partial charge in [0.05, 0.1) is 0 Å². The third-order valence-electron chi connectivity index (χ3n) is 3.85. The van der Waals surface area contributed by atoms with Crippen LogP contribution in [0.4, 0.5) is 9.18 Å². The Morgan fingerprint density at radius 1 is 1.41 bits per heavy atom. The number of rotatable bonds is 4. The van der Waals surface area contributed by atoms with Gasteiger partial charge >= 0.3 is 6.09 Å². The number of halogens is 1. The standard InChI is InChI=1S/C17H25FN2O2/c1-16(2,3)22-15(21)19-12-10-17(9-6-11-20-17)13-7-4-5-8-14(13)18/h4-5,7-8,20H,6,9-12H2,1-3H3,(H,19,21). The molecule has 4 nitrogen and oxygen atoms in total. The van der Waals surface area contributed by atoms with E-state index in [0.29, 0.717) is 18.5 Å². The average molecular weight is 308 g/mol. The molecule has 2 rings (SSSR count). The summed E-state index contributed by atoms with van der Waals surface area (Å²) in [5.41, 5.74) is -0.238. The largest absolute Gasteiger partial charge is 0.444 e. The van der Waals surface area contributed by atoms with Crippen molar-refractivity contribution in [2.45, 2.75) is 51.2 Å². The second kappa shape index (κ2) is 6.65. The highest BCUT2D eigenvalue weighted by Crippen LogP contribution is 2.35. The first-order valence-electron chi connectivity index (χ1n) is 7.79. The quantitative estimate of drug-likeness (QED) is 0.897. The van der Waals surface area contributed by atoms with Crippen LogP contribution >= 0.6 is 0 Å². The molecule has 1 aromatic rings. The highest BCUT2D eigenvalue weighted by molar-refractivity contribution is 5.67. The number of ether oxygens (including phenoxy) is 1. The van der Waals surface area contributed by atoms with Crippen molar-refractivity contribution < 1.29 is 13.9 Å². The van der Waals surface area contributed by atoms with E-state index in [1.807, 2.05) is 32.9 Å². The Morgan fingerprint density at radius 2 is 2.14 bits per heavy atom. The Balaban J connectivity index is 1.99. The molecule has 1 saturated heterocycles. The van der Waals surface area contributed by atoms with Gasteiger partial charge in [-0.1, -0.05) is 18.2 Å². The van der Waals surface area contributed by atoms with Gasteiger partial charge in [0.15, 0.2) is 0 Å². The van der Waals surface area contributed by atoms with Crippen LogP contribution in [-0.2, 0) is 10.3 Å². The molecule has 0 bridgehead atoms. The summed E-state index contributed by atoms with van der Waals surface area (Å²) in [5.74, 6) is -0.200. The Morgan fingerprint density at radius 3 is 2.73 bits per heavy atom. The van der Waals surface area contributed by atoms with Gasteiger partial charge in [-0.2, -0.15) is 0 Å². The van der Waals surface area contributed by atoms with Crippen molar-refractivity contribution in [2.24, 2.45) is 0 Å². The molecule has 2 N–H and O–H groups in total. The summed E-state index contributed by atoms with van der Waals surface area (Å²) in [4.78, 5) is 11.7. The zero-order valence-electron chi connectivity index (χ0n) is 13.5. The van der Waals surface area contributed by atoms with Gasteiger partial charge in [0.1, 0.15) is 11.4 Å². The summed E-state index contributed by atoms with van der Waals surface area (Å²) in [5, 5.41) is 6.17. The molecule has 5 heteroatoms. The fourth-order valence-electron chi connectivity index (χ4n) is 2.93. The van der Waals surface area contributed by atoms with Gasteiger partial charge in [-0.05, 0) is 52.6 Å². The molecule has 22 heavy (non-hydrogen) atoms. The zero-order valence-corrected chi connectivity index (χ0v) is 13.5. The van der Waals surface area contributed by atoms with Crippen LogP contribution in [0.5, 0.6) is 0 Å². The molecule has 0 spiro atoms. The summed E-state index contributed by atoms with van der Waals surface area (Å²) in [6, 6.07) is 6.85. The zero-order chi connectivity index (χ0) is 16.2. The number of alkyl carbamates (subject to hydrolysis) is 1. The van der Waals surface area contributed by atoms with Gasteiger partial charge in [-0.15, -0.1) is 0 Å². The van der Waals surface area contributed by atoms with Crippen molar-refractivity contribution >= 4 is 6.09 Å². The van der Waals surface area contributed by atoms with Crippen LogP contribution in [0, 0.1) is 5.82 Å². The number of hydrogen-bond acceptors (Lipinski definition) is 3. The van der Waals surface area contributed by atoms with E-state index in [9.17, 15) is 9.18 Å². The van der Waals surface area contributed by atoms with Gasteiger partial charge in [-0.25, -0.2) is 9.18 Å². The fraction of sp³-hybridized carbons (Fsp3) is 0.588. The van der Waals surface area contributed by atoms with E-state index in [1.165, 1.54) is 6.07 Å². The monoisotopic (exact) mass is 308 g/mol. The van der Waals surface area contributed by atoms with E-state index in [1.54, 1.807) is 6.07 Å². The van der Waals surface area contributed by atoms with Crippen molar-refractivity contribution in [3.63, 3.8) is 0 Å². The van der Waals surface area contributed by atoms with Crippen LogP contribution < -0.4 is 10.6 Å². The molecule has 0 saturated carbocycles. The lowest BCUT2D eigenvalue weighted by molar-refractivity contribution is 0.0523. The minimum Gasteiger partial charge on any atom is -0.444 e. The van der Waals surface area contributed by atoms with Crippen LogP contribution in [-0.4, -0.2) is 24.8 Å². The lowest BCUT2D eigenvalue weighted by Gasteiger charge is -2.31. The molecule has 0 aromatic heterocycles. The first-order valence-corrected chi connectivity index (χ1v) is 7.79. The molecule has 1 fully saturated rings. The topological polar surface area (TPSA) is 50.4 Å². The second-order valence-electron chi connectivity index (χ2n) is 6.77. The summed E-state index contributed by atoms with van der Waals surface area (Å²) in [6.07, 6.45) is 2.06. The van der Waals surface area contributed by atoms with Gasteiger partial charge in [-0.3, -0.25) is 0 Å². The summed E-state index contributed by atoms with van der Waals surface area (Å²) < 4.78 is 19.4. The maximum absolute atomic E-state index is 14.1. The van der Waals surface area contributed by atoms with Crippen LogP contribution in [0.3, 0.4) is 0 Å². The van der Waals surface area contributed by atoms with Gasteiger partial charge in [0.25, 0.3) is 0 Å². The van der Waals surface area contributed by atoms with Gasteiger partial charge in [0.2, 0.25) is 0 Å². The first-order chi connectivity index (χ1) is 10.3. The number of carbonyl (C=O) groups is 1. The highest BCUT2D eigenvalue weighted by Gasteiger charge is 2.36. The van der Waals surface area contributed by atoms with E-state index >= 15 is 0 Å². The SMILES string of the molecule is CC(C)(C)OC(=O)NCCC1(c2ccccc2F)CCCN1. The first kappa shape index (κ1) is 16.7. The van der Waals surface area contributed by atoms with Gasteiger partial charge in [0, 0.05) is 17.6 Å². The molecule has 1 aliphatic heterocycles. The maximum atomic E-state index is 14.1. The van der Waals surface area contributed by atoms with Crippen molar-refractivity contribution in [3.05, 3.63) is 35.6 Å². The molecule has 1 atom stereocenters. The predicted octanol–water partition coefficient (Wildman–Crippen LogP) is 3.32. The molecule has 1 unspecified atom stereocenters. The van der Waals surface area contributed by atoms with Crippen LogP contribution in [0.2, 0.25) is 0 Å². The third kappa shape index (κ3) is 4.19. The Bertz CT molecular complexity index is 520. The predicted molar refractivity (Wildman–Crippen MR) is 84.2 cm³/mol. The Labute approximate surface area is 131 Å². The number of nitrogens with one attached hydrogen (secondary N) is 2. The molecular weight excluding hydrogens is 283 g/mol. The second-order valence-corrected chi connectivity index (χ2v) is 6.77. The summed E-state index contributed by atoms with van der Waals surface area (Å²) in [7, 11) is 0. The molecule has 1 aromatic carbocycles. The minimum atomic E-state index is -0.515. The number of carbonyl (C=O) groups excluding carboxylic acids is 1. The lowest BCUT2D eigenvalue weighted by Crippen LogP contribution is -2.42. The molecule has 0 aliphatic carbocycles. The van der Waals surface area contributed by atoms with Crippen molar-refractivity contribution in [1.82, 2.24) is 10.6 Å². The summed E-state index contributed by atoms with van der Waals surface area (Å²) >= 11 is 0. The maximum Gasteiger partial charge on any atom is 0.407 e. The number of benzene rings is 1. The smallest absolute Gasteiger partial charge is 0.407 e. The lowest BCUT2D eigenvalue weighted by atomic mass is 9.85. The number of amides is 1. The van der Waals surface area contributed by atoms with Gasteiger partial charge < -0.3 is 15.4 Å². The molecule has 122 valence electrons. The number of hydrogen-bond donors (Lipinski definition) is 2. The van der Waals surface area contributed by atoms with E-state index in [0.717, 1.165) is 19.4 Å². The molecule has 1 heterocycles. The Kier molecular flexibility index (Phi) is 5.06. The van der Waals surface area contributed by atoms with E-state index in [-0.39, 0.29) is 5.82 Å². The minimum absolute atomic E-state index is 0.200. The normalized spacial score (nSPS) is 21.6. The van der Waals surface area contributed by atoms with Crippen molar-refractivity contribution in [1.29, 1.82) is 0 Å². The van der Waals surface area contributed by atoms with E-state index in [2.05, 4.69) is 10.6 Å². The highest BCUT2D eigenvalue weighted by atomic mass is 19.1. The Hall–Kier alpha value is -1.62. The molecule has 1 aliphatic rings.